The Bertz CT molecular complexity index is 439. The van der Waals surface area contributed by atoms with Crippen LogP contribution in [0.4, 0.5) is 13.2 Å². The van der Waals surface area contributed by atoms with Crippen molar-refractivity contribution in [3.8, 4) is 0 Å². The van der Waals surface area contributed by atoms with Crippen molar-refractivity contribution in [2.24, 2.45) is 17.8 Å². The molecule has 106 valence electrons. The van der Waals surface area contributed by atoms with Crippen molar-refractivity contribution in [3.63, 3.8) is 0 Å². The van der Waals surface area contributed by atoms with Crippen LogP contribution in [0.15, 0.2) is 24.3 Å². The van der Waals surface area contributed by atoms with Gasteiger partial charge in [0.15, 0.2) is 5.78 Å². The second-order valence-electron chi connectivity index (χ2n) is 5.42. The van der Waals surface area contributed by atoms with E-state index in [0.717, 1.165) is 6.07 Å². The summed E-state index contributed by atoms with van der Waals surface area (Å²) in [5.41, 5.74) is -1.06. The standard InChI is InChI=1S/C15H19F3O/c1-9(2)13(10(3)4)14(19)11-7-5-6-8-12(11)15(16,17)18/h5-10,13H,1-4H3. The van der Waals surface area contributed by atoms with Gasteiger partial charge in [0.25, 0.3) is 0 Å². The topological polar surface area (TPSA) is 17.1 Å². The van der Waals surface area contributed by atoms with Gasteiger partial charge >= 0.3 is 6.18 Å². The fourth-order valence-corrected chi connectivity index (χ4v) is 2.50. The van der Waals surface area contributed by atoms with E-state index in [0.29, 0.717) is 0 Å². The van der Waals surface area contributed by atoms with Gasteiger partial charge in [-0.15, -0.1) is 0 Å². The van der Waals surface area contributed by atoms with E-state index >= 15 is 0 Å². The van der Waals surface area contributed by atoms with Crippen LogP contribution in [0.2, 0.25) is 0 Å². The Balaban J connectivity index is 3.27. The third-order valence-corrected chi connectivity index (χ3v) is 3.24. The minimum atomic E-state index is -4.50. The minimum absolute atomic E-state index is 0.00814. The molecule has 4 heteroatoms. The highest BCUT2D eigenvalue weighted by molar-refractivity contribution is 5.99. The lowest BCUT2D eigenvalue weighted by Crippen LogP contribution is -2.27. The first-order valence-electron chi connectivity index (χ1n) is 6.36. The van der Waals surface area contributed by atoms with E-state index in [1.54, 1.807) is 0 Å². The summed E-state index contributed by atoms with van der Waals surface area (Å²) in [5, 5.41) is 0. The number of ketones is 1. The second kappa shape index (κ2) is 5.76. The molecule has 0 aromatic heterocycles. The van der Waals surface area contributed by atoms with Crippen molar-refractivity contribution < 1.29 is 18.0 Å². The van der Waals surface area contributed by atoms with Crippen LogP contribution >= 0.6 is 0 Å². The highest BCUT2D eigenvalue weighted by Crippen LogP contribution is 2.34. The van der Waals surface area contributed by atoms with Crippen molar-refractivity contribution in [1.82, 2.24) is 0 Å². The van der Waals surface area contributed by atoms with Crippen molar-refractivity contribution in [2.75, 3.05) is 0 Å². The summed E-state index contributed by atoms with van der Waals surface area (Å²) in [6, 6.07) is 5.01. The Hall–Kier alpha value is -1.32. The largest absolute Gasteiger partial charge is 0.417 e. The summed E-state index contributed by atoms with van der Waals surface area (Å²) in [6.07, 6.45) is -4.50. The molecule has 0 aliphatic rings. The Morgan fingerprint density at radius 1 is 1.00 bits per heavy atom. The monoisotopic (exact) mass is 272 g/mol. The van der Waals surface area contributed by atoms with Gasteiger partial charge in [-0.3, -0.25) is 4.79 Å². The van der Waals surface area contributed by atoms with Crippen LogP contribution in [-0.2, 0) is 6.18 Å². The van der Waals surface area contributed by atoms with E-state index in [1.807, 2.05) is 27.7 Å². The molecule has 0 atom stereocenters. The fraction of sp³-hybridized carbons (Fsp3) is 0.533. The summed E-state index contributed by atoms with van der Waals surface area (Å²) in [7, 11) is 0. The molecule has 1 nitrogen and oxygen atoms in total. The van der Waals surface area contributed by atoms with Crippen molar-refractivity contribution in [2.45, 2.75) is 33.9 Å². The van der Waals surface area contributed by atoms with E-state index in [-0.39, 0.29) is 17.4 Å². The van der Waals surface area contributed by atoms with Crippen LogP contribution in [0.5, 0.6) is 0 Å². The molecule has 0 spiro atoms. The van der Waals surface area contributed by atoms with E-state index < -0.39 is 23.4 Å². The number of carbonyl (C=O) groups is 1. The lowest BCUT2D eigenvalue weighted by Gasteiger charge is -2.24. The zero-order valence-electron chi connectivity index (χ0n) is 11.6. The van der Waals surface area contributed by atoms with Crippen molar-refractivity contribution in [3.05, 3.63) is 35.4 Å². The Morgan fingerprint density at radius 2 is 1.47 bits per heavy atom. The summed E-state index contributed by atoms with van der Waals surface area (Å²) < 4.78 is 38.8. The summed E-state index contributed by atoms with van der Waals surface area (Å²) in [6.45, 7) is 7.44. The zero-order valence-corrected chi connectivity index (χ0v) is 11.6. The molecule has 0 aliphatic carbocycles. The molecule has 0 heterocycles. The third-order valence-electron chi connectivity index (χ3n) is 3.24. The van der Waals surface area contributed by atoms with Crippen LogP contribution < -0.4 is 0 Å². The molecule has 1 aromatic rings. The van der Waals surface area contributed by atoms with E-state index in [1.165, 1.54) is 18.2 Å². The van der Waals surface area contributed by atoms with Gasteiger partial charge in [-0.1, -0.05) is 45.9 Å². The number of benzene rings is 1. The summed E-state index contributed by atoms with van der Waals surface area (Å²) in [5.74, 6) is -0.802. The molecule has 1 aromatic carbocycles. The predicted molar refractivity (Wildman–Crippen MR) is 68.9 cm³/mol. The minimum Gasteiger partial charge on any atom is -0.294 e. The highest BCUT2D eigenvalue weighted by Gasteiger charge is 2.37. The van der Waals surface area contributed by atoms with Gasteiger partial charge in [-0.2, -0.15) is 13.2 Å². The van der Waals surface area contributed by atoms with Crippen LogP contribution in [0.3, 0.4) is 0 Å². The lowest BCUT2D eigenvalue weighted by molar-refractivity contribution is -0.138. The third kappa shape index (κ3) is 3.58. The highest BCUT2D eigenvalue weighted by atomic mass is 19.4. The van der Waals surface area contributed by atoms with Gasteiger partial charge in [0.2, 0.25) is 0 Å². The molecule has 0 bridgehead atoms. The number of hydrogen-bond acceptors (Lipinski definition) is 1. The molecule has 0 fully saturated rings. The number of hydrogen-bond donors (Lipinski definition) is 0. The molecule has 0 aliphatic heterocycles. The van der Waals surface area contributed by atoms with E-state index in [2.05, 4.69) is 0 Å². The molecule has 0 saturated carbocycles. The maximum Gasteiger partial charge on any atom is 0.417 e. The predicted octanol–water partition coefficient (Wildman–Crippen LogP) is 4.82. The Kier molecular flexibility index (Phi) is 4.77. The first-order valence-corrected chi connectivity index (χ1v) is 6.36. The van der Waals surface area contributed by atoms with Gasteiger partial charge in [-0.25, -0.2) is 0 Å². The molecule has 0 saturated heterocycles. The average molecular weight is 272 g/mol. The van der Waals surface area contributed by atoms with Crippen molar-refractivity contribution >= 4 is 5.78 Å². The van der Waals surface area contributed by atoms with Crippen LogP contribution in [-0.4, -0.2) is 5.78 Å². The first-order chi connectivity index (χ1) is 8.66. The van der Waals surface area contributed by atoms with Crippen LogP contribution in [0, 0.1) is 17.8 Å². The normalized spacial score (nSPS) is 12.5. The van der Waals surface area contributed by atoms with Gasteiger partial charge in [-0.05, 0) is 17.9 Å². The maximum atomic E-state index is 12.9. The number of carbonyl (C=O) groups excluding carboxylic acids is 1. The number of alkyl halides is 3. The number of rotatable bonds is 4. The quantitative estimate of drug-likeness (QED) is 0.718. The van der Waals surface area contributed by atoms with Crippen LogP contribution in [0.25, 0.3) is 0 Å². The maximum absolute atomic E-state index is 12.9. The molecular formula is C15H19F3O. The molecule has 19 heavy (non-hydrogen) atoms. The Labute approximate surface area is 111 Å². The van der Waals surface area contributed by atoms with E-state index in [9.17, 15) is 18.0 Å². The molecule has 0 radical (unpaired) electrons. The summed E-state index contributed by atoms with van der Waals surface area (Å²) >= 11 is 0. The van der Waals surface area contributed by atoms with E-state index in [4.69, 9.17) is 0 Å². The molecule has 0 amide bonds. The second-order valence-corrected chi connectivity index (χ2v) is 5.42. The van der Waals surface area contributed by atoms with Gasteiger partial charge in [0.05, 0.1) is 5.56 Å². The van der Waals surface area contributed by atoms with Crippen molar-refractivity contribution in [1.29, 1.82) is 0 Å². The van der Waals surface area contributed by atoms with Gasteiger partial charge in [0, 0.05) is 11.5 Å². The average Bonchev–Trinajstić information content (AvgIpc) is 2.26. The van der Waals surface area contributed by atoms with Gasteiger partial charge < -0.3 is 0 Å². The number of halogens is 3. The molecule has 0 unspecified atom stereocenters. The fourth-order valence-electron chi connectivity index (χ4n) is 2.50. The molecule has 0 N–H and O–H groups in total. The summed E-state index contributed by atoms with van der Waals surface area (Å²) in [4.78, 5) is 12.4. The SMILES string of the molecule is CC(C)C(C(=O)c1ccccc1C(F)(F)F)C(C)C. The van der Waals surface area contributed by atoms with Crippen LogP contribution in [0.1, 0.15) is 43.6 Å². The Morgan fingerprint density at radius 3 is 1.89 bits per heavy atom. The molecule has 1 rings (SSSR count). The zero-order chi connectivity index (χ0) is 14.8. The lowest BCUT2D eigenvalue weighted by atomic mass is 9.79. The smallest absolute Gasteiger partial charge is 0.294 e. The number of Topliss-reactive ketones (excluding diaryl/α,β-unsaturated/α-hetero) is 1. The first kappa shape index (κ1) is 15.7. The van der Waals surface area contributed by atoms with Gasteiger partial charge in [0.1, 0.15) is 0 Å². The molecular weight excluding hydrogens is 253 g/mol.